The standard InChI is InChI=1S/C17H18O3/c1-12-3-7-15(8-4-12)20-16-9-5-14(6-10-16)11-13(2)17(18)19/h3-10,13H,11H2,1-2H3,(H,18,19). The summed E-state index contributed by atoms with van der Waals surface area (Å²) in [6.45, 7) is 3.74. The molecule has 0 fully saturated rings. The summed E-state index contributed by atoms with van der Waals surface area (Å²) in [5, 5.41) is 8.89. The Hall–Kier alpha value is -2.29. The van der Waals surface area contributed by atoms with Gasteiger partial charge in [-0.05, 0) is 43.2 Å². The molecule has 104 valence electrons. The first-order valence-corrected chi connectivity index (χ1v) is 6.61. The Bertz CT molecular complexity index is 570. The van der Waals surface area contributed by atoms with Crippen LogP contribution in [0.5, 0.6) is 11.5 Å². The van der Waals surface area contributed by atoms with Crippen molar-refractivity contribution in [2.24, 2.45) is 5.92 Å². The van der Waals surface area contributed by atoms with E-state index in [0.29, 0.717) is 6.42 Å². The predicted molar refractivity (Wildman–Crippen MR) is 78.2 cm³/mol. The van der Waals surface area contributed by atoms with E-state index in [1.54, 1.807) is 6.92 Å². The summed E-state index contributed by atoms with van der Waals surface area (Å²) in [6, 6.07) is 15.4. The summed E-state index contributed by atoms with van der Waals surface area (Å²) in [4.78, 5) is 10.8. The van der Waals surface area contributed by atoms with Crippen molar-refractivity contribution in [1.82, 2.24) is 0 Å². The van der Waals surface area contributed by atoms with E-state index in [1.165, 1.54) is 5.56 Å². The minimum atomic E-state index is -0.773. The van der Waals surface area contributed by atoms with Gasteiger partial charge in [-0.2, -0.15) is 0 Å². The molecule has 0 aromatic heterocycles. The van der Waals surface area contributed by atoms with Crippen molar-refractivity contribution in [2.45, 2.75) is 20.3 Å². The van der Waals surface area contributed by atoms with E-state index >= 15 is 0 Å². The van der Waals surface area contributed by atoms with Crippen molar-refractivity contribution >= 4 is 5.97 Å². The summed E-state index contributed by atoms with van der Waals surface area (Å²) < 4.78 is 5.72. The first-order valence-electron chi connectivity index (χ1n) is 6.61. The summed E-state index contributed by atoms with van der Waals surface area (Å²) in [5.74, 6) is 0.395. The van der Waals surface area contributed by atoms with Crippen LogP contribution < -0.4 is 4.74 Å². The summed E-state index contributed by atoms with van der Waals surface area (Å²) >= 11 is 0. The van der Waals surface area contributed by atoms with Crippen LogP contribution in [0.15, 0.2) is 48.5 Å². The summed E-state index contributed by atoms with van der Waals surface area (Å²) in [7, 11) is 0. The molecular weight excluding hydrogens is 252 g/mol. The molecule has 0 spiro atoms. The van der Waals surface area contributed by atoms with E-state index in [4.69, 9.17) is 9.84 Å². The Morgan fingerprint density at radius 3 is 2.05 bits per heavy atom. The fourth-order valence-corrected chi connectivity index (χ4v) is 1.88. The number of aryl methyl sites for hydroxylation is 1. The molecule has 2 aromatic carbocycles. The van der Waals surface area contributed by atoms with Gasteiger partial charge in [-0.1, -0.05) is 36.8 Å². The van der Waals surface area contributed by atoms with Crippen molar-refractivity contribution in [2.75, 3.05) is 0 Å². The number of rotatable bonds is 5. The molecule has 1 unspecified atom stereocenters. The third kappa shape index (κ3) is 3.85. The quantitative estimate of drug-likeness (QED) is 0.891. The van der Waals surface area contributed by atoms with Crippen LogP contribution in [-0.4, -0.2) is 11.1 Å². The van der Waals surface area contributed by atoms with Gasteiger partial charge in [0, 0.05) is 0 Å². The minimum absolute atomic E-state index is 0.376. The molecule has 0 aliphatic carbocycles. The van der Waals surface area contributed by atoms with Crippen molar-refractivity contribution in [1.29, 1.82) is 0 Å². The maximum Gasteiger partial charge on any atom is 0.306 e. The summed E-state index contributed by atoms with van der Waals surface area (Å²) in [5.41, 5.74) is 2.19. The van der Waals surface area contributed by atoms with E-state index in [9.17, 15) is 4.79 Å². The van der Waals surface area contributed by atoms with Crippen molar-refractivity contribution in [3.05, 3.63) is 59.7 Å². The van der Waals surface area contributed by atoms with Crippen LogP contribution in [0.1, 0.15) is 18.1 Å². The maximum absolute atomic E-state index is 10.8. The monoisotopic (exact) mass is 270 g/mol. The lowest BCUT2D eigenvalue weighted by Gasteiger charge is -2.09. The zero-order chi connectivity index (χ0) is 14.5. The van der Waals surface area contributed by atoms with Gasteiger partial charge in [-0.3, -0.25) is 4.79 Å². The molecular formula is C17H18O3. The Kier molecular flexibility index (Phi) is 4.41. The van der Waals surface area contributed by atoms with Gasteiger partial charge >= 0.3 is 5.97 Å². The van der Waals surface area contributed by atoms with E-state index in [1.807, 2.05) is 55.5 Å². The SMILES string of the molecule is Cc1ccc(Oc2ccc(CC(C)C(=O)O)cc2)cc1. The first kappa shape index (κ1) is 14.1. The Morgan fingerprint density at radius 2 is 1.55 bits per heavy atom. The fourth-order valence-electron chi connectivity index (χ4n) is 1.88. The van der Waals surface area contributed by atoms with Crippen molar-refractivity contribution < 1.29 is 14.6 Å². The second-order valence-corrected chi connectivity index (χ2v) is 5.00. The molecule has 20 heavy (non-hydrogen) atoms. The second kappa shape index (κ2) is 6.24. The molecule has 3 heteroatoms. The highest BCUT2D eigenvalue weighted by atomic mass is 16.5. The molecule has 0 aliphatic rings. The Morgan fingerprint density at radius 1 is 1.05 bits per heavy atom. The van der Waals surface area contributed by atoms with E-state index in [0.717, 1.165) is 17.1 Å². The third-order valence-electron chi connectivity index (χ3n) is 3.14. The highest BCUT2D eigenvalue weighted by molar-refractivity contribution is 5.69. The van der Waals surface area contributed by atoms with Gasteiger partial charge in [0.25, 0.3) is 0 Å². The molecule has 0 bridgehead atoms. The van der Waals surface area contributed by atoms with E-state index in [2.05, 4.69) is 0 Å². The Labute approximate surface area is 118 Å². The number of carbonyl (C=O) groups is 1. The number of carboxylic acid groups (broad SMARTS) is 1. The molecule has 0 radical (unpaired) electrons. The molecule has 1 N–H and O–H groups in total. The van der Waals surface area contributed by atoms with E-state index in [-0.39, 0.29) is 5.92 Å². The van der Waals surface area contributed by atoms with Crippen LogP contribution in [0, 0.1) is 12.8 Å². The molecule has 0 aliphatic heterocycles. The van der Waals surface area contributed by atoms with Gasteiger partial charge in [-0.15, -0.1) is 0 Å². The zero-order valence-electron chi connectivity index (χ0n) is 11.7. The number of carboxylic acids is 1. The predicted octanol–water partition coefficient (Wildman–Crippen LogP) is 4.05. The second-order valence-electron chi connectivity index (χ2n) is 5.00. The summed E-state index contributed by atoms with van der Waals surface area (Å²) in [6.07, 6.45) is 0.528. The smallest absolute Gasteiger partial charge is 0.306 e. The lowest BCUT2D eigenvalue weighted by atomic mass is 10.0. The van der Waals surface area contributed by atoms with Gasteiger partial charge in [-0.25, -0.2) is 0 Å². The van der Waals surface area contributed by atoms with Crippen molar-refractivity contribution in [3.8, 4) is 11.5 Å². The number of hydrogen-bond acceptors (Lipinski definition) is 2. The average molecular weight is 270 g/mol. The van der Waals surface area contributed by atoms with Crippen LogP contribution in [0.4, 0.5) is 0 Å². The van der Waals surface area contributed by atoms with Gasteiger partial charge < -0.3 is 9.84 Å². The van der Waals surface area contributed by atoms with Crippen LogP contribution in [0.25, 0.3) is 0 Å². The van der Waals surface area contributed by atoms with E-state index < -0.39 is 5.97 Å². The zero-order valence-corrected chi connectivity index (χ0v) is 11.7. The van der Waals surface area contributed by atoms with Gasteiger partial charge in [0.2, 0.25) is 0 Å². The van der Waals surface area contributed by atoms with Crippen LogP contribution in [0.2, 0.25) is 0 Å². The van der Waals surface area contributed by atoms with Gasteiger partial charge in [0.05, 0.1) is 5.92 Å². The molecule has 0 amide bonds. The maximum atomic E-state index is 10.8. The van der Waals surface area contributed by atoms with Gasteiger partial charge in [0.1, 0.15) is 11.5 Å². The highest BCUT2D eigenvalue weighted by Gasteiger charge is 2.11. The van der Waals surface area contributed by atoms with Crippen molar-refractivity contribution in [3.63, 3.8) is 0 Å². The lowest BCUT2D eigenvalue weighted by Crippen LogP contribution is -2.12. The molecule has 0 saturated heterocycles. The van der Waals surface area contributed by atoms with Crippen LogP contribution in [0.3, 0.4) is 0 Å². The van der Waals surface area contributed by atoms with Crippen LogP contribution >= 0.6 is 0 Å². The molecule has 3 nitrogen and oxygen atoms in total. The molecule has 0 heterocycles. The van der Waals surface area contributed by atoms with Crippen LogP contribution in [-0.2, 0) is 11.2 Å². The molecule has 2 aromatic rings. The topological polar surface area (TPSA) is 46.5 Å². The molecule has 0 saturated carbocycles. The first-order chi connectivity index (χ1) is 9.54. The number of ether oxygens (including phenoxy) is 1. The fraction of sp³-hybridized carbons (Fsp3) is 0.235. The largest absolute Gasteiger partial charge is 0.481 e. The third-order valence-corrected chi connectivity index (χ3v) is 3.14. The number of hydrogen-bond donors (Lipinski definition) is 1. The lowest BCUT2D eigenvalue weighted by molar-refractivity contribution is -0.141. The highest BCUT2D eigenvalue weighted by Crippen LogP contribution is 2.22. The number of benzene rings is 2. The normalized spacial score (nSPS) is 11.9. The molecule has 1 atom stereocenters. The minimum Gasteiger partial charge on any atom is -0.481 e. The Balaban J connectivity index is 2.01. The molecule has 2 rings (SSSR count). The number of aliphatic carboxylic acids is 1. The van der Waals surface area contributed by atoms with Gasteiger partial charge in [0.15, 0.2) is 0 Å². The average Bonchev–Trinajstić information content (AvgIpc) is 2.43.